The van der Waals surface area contributed by atoms with Gasteiger partial charge in [0.2, 0.25) is 4.80 Å². The molecule has 0 unspecified atom stereocenters. The Bertz CT molecular complexity index is 1230. The normalized spacial score (nSPS) is 16.7. The zero-order valence-corrected chi connectivity index (χ0v) is 19.1. The maximum atomic E-state index is 11.8. The number of carbonyl (C=O) groups is 1. The molecule has 6 nitrogen and oxygen atoms in total. The Morgan fingerprint density at radius 1 is 1.03 bits per heavy atom. The average Bonchev–Trinajstić information content (AvgIpc) is 3.00. The molecule has 2 aliphatic rings. The fourth-order valence-corrected chi connectivity index (χ4v) is 4.89. The molecule has 1 fully saturated rings. The molecule has 2 heterocycles. The Morgan fingerprint density at radius 2 is 1.81 bits per heavy atom. The molecule has 5 rings (SSSR count). The summed E-state index contributed by atoms with van der Waals surface area (Å²) in [6.45, 7) is 0.0442. The minimum absolute atomic E-state index is 0.0442. The van der Waals surface area contributed by atoms with Crippen molar-refractivity contribution in [1.29, 1.82) is 0 Å². The van der Waals surface area contributed by atoms with Crippen molar-refractivity contribution < 1.29 is 9.53 Å². The Morgan fingerprint density at radius 3 is 2.59 bits per heavy atom. The van der Waals surface area contributed by atoms with E-state index in [0.29, 0.717) is 16.5 Å². The lowest BCUT2D eigenvalue weighted by molar-refractivity contribution is -0.118. The van der Waals surface area contributed by atoms with Gasteiger partial charge in [0, 0.05) is 21.7 Å². The summed E-state index contributed by atoms with van der Waals surface area (Å²) in [4.78, 5) is 17.4. The van der Waals surface area contributed by atoms with Gasteiger partial charge in [0.15, 0.2) is 6.61 Å². The van der Waals surface area contributed by atoms with Gasteiger partial charge in [0.1, 0.15) is 5.75 Å². The van der Waals surface area contributed by atoms with Gasteiger partial charge in [-0.1, -0.05) is 24.4 Å². The minimum atomic E-state index is -0.148. The Kier molecular flexibility index (Phi) is 6.10. The van der Waals surface area contributed by atoms with Crippen LogP contribution in [0.2, 0.25) is 5.02 Å². The van der Waals surface area contributed by atoms with Gasteiger partial charge in [0.25, 0.3) is 5.91 Å². The average molecular weight is 467 g/mol. The van der Waals surface area contributed by atoms with Gasteiger partial charge in [0.05, 0.1) is 17.1 Å². The zero-order valence-electron chi connectivity index (χ0n) is 17.5. The second-order valence-corrected chi connectivity index (χ2v) is 9.20. The quantitative estimate of drug-likeness (QED) is 0.481. The first-order chi connectivity index (χ1) is 15.7. The Labute approximate surface area is 195 Å². The summed E-state index contributed by atoms with van der Waals surface area (Å²) in [5.41, 5.74) is 4.58. The van der Waals surface area contributed by atoms with E-state index >= 15 is 0 Å². The number of ether oxygens (including phenoxy) is 1. The first kappa shape index (κ1) is 21.0. The summed E-state index contributed by atoms with van der Waals surface area (Å²) >= 11 is 7.58. The van der Waals surface area contributed by atoms with Crippen molar-refractivity contribution in [3.63, 3.8) is 0 Å². The SMILES string of the molecule is O=C1COc2ccc(-c3csc(=Nc4ccc(Cl)cc4)n3N=C3CCCCCC3)cc2N1. The van der Waals surface area contributed by atoms with E-state index in [1.165, 1.54) is 42.7 Å². The van der Waals surface area contributed by atoms with E-state index in [1.54, 1.807) is 0 Å². The van der Waals surface area contributed by atoms with Gasteiger partial charge in [-0.15, -0.1) is 11.3 Å². The molecule has 1 aliphatic heterocycles. The summed E-state index contributed by atoms with van der Waals surface area (Å²) < 4.78 is 7.45. The summed E-state index contributed by atoms with van der Waals surface area (Å²) in [5, 5.41) is 10.7. The van der Waals surface area contributed by atoms with Crippen LogP contribution in [-0.4, -0.2) is 22.9 Å². The number of hydrogen-bond donors (Lipinski definition) is 1. The Hall–Kier alpha value is -2.90. The van der Waals surface area contributed by atoms with Gasteiger partial charge in [-0.25, -0.2) is 9.67 Å². The van der Waals surface area contributed by atoms with Crippen molar-refractivity contribution in [1.82, 2.24) is 4.68 Å². The molecule has 164 valence electrons. The van der Waals surface area contributed by atoms with Crippen molar-refractivity contribution in [2.24, 2.45) is 10.1 Å². The van der Waals surface area contributed by atoms with Crippen molar-refractivity contribution >= 4 is 45.9 Å². The molecule has 0 bridgehead atoms. The summed E-state index contributed by atoms with van der Waals surface area (Å²) in [6, 6.07) is 13.3. The predicted octanol–water partition coefficient (Wildman–Crippen LogP) is 5.99. The van der Waals surface area contributed by atoms with E-state index in [0.717, 1.165) is 34.6 Å². The van der Waals surface area contributed by atoms with Crippen LogP contribution in [0.15, 0.2) is 57.9 Å². The van der Waals surface area contributed by atoms with Crippen LogP contribution < -0.4 is 14.9 Å². The molecule has 8 heteroatoms. The van der Waals surface area contributed by atoms with E-state index in [9.17, 15) is 4.79 Å². The molecular formula is C24H23ClN4O2S. The third-order valence-corrected chi connectivity index (χ3v) is 6.64. The third kappa shape index (κ3) is 4.64. The van der Waals surface area contributed by atoms with E-state index in [2.05, 4.69) is 10.7 Å². The molecule has 2 aromatic carbocycles. The molecule has 1 N–H and O–H groups in total. The monoisotopic (exact) mass is 466 g/mol. The molecule has 32 heavy (non-hydrogen) atoms. The molecule has 0 saturated heterocycles. The smallest absolute Gasteiger partial charge is 0.262 e. The van der Waals surface area contributed by atoms with Gasteiger partial charge in [-0.3, -0.25) is 4.79 Å². The number of rotatable bonds is 3. The zero-order chi connectivity index (χ0) is 21.9. The number of aromatic nitrogens is 1. The molecule has 1 amide bonds. The van der Waals surface area contributed by atoms with Crippen LogP contribution in [0, 0.1) is 0 Å². The van der Waals surface area contributed by atoms with E-state index in [4.69, 9.17) is 26.4 Å². The van der Waals surface area contributed by atoms with Crippen LogP contribution >= 0.6 is 22.9 Å². The second kappa shape index (κ2) is 9.30. The standard InChI is InChI=1S/C24H23ClN4O2S/c25-17-8-10-18(11-9-17)26-24-29(28-19-5-3-1-2-4-6-19)21(15-32-24)16-7-12-22-20(13-16)27-23(30)14-31-22/h7-13,15H,1-6,14H2,(H,27,30). The number of benzene rings is 2. The van der Waals surface area contributed by atoms with Gasteiger partial charge in [-0.05, 0) is 68.1 Å². The van der Waals surface area contributed by atoms with E-state index in [1.807, 2.05) is 47.1 Å². The lowest BCUT2D eigenvalue weighted by Gasteiger charge is -2.18. The molecule has 0 radical (unpaired) electrons. The van der Waals surface area contributed by atoms with Crippen LogP contribution in [0.1, 0.15) is 38.5 Å². The topological polar surface area (TPSA) is 68.0 Å². The van der Waals surface area contributed by atoms with Crippen LogP contribution in [0.5, 0.6) is 5.75 Å². The highest BCUT2D eigenvalue weighted by Gasteiger charge is 2.18. The lowest BCUT2D eigenvalue weighted by atomic mass is 10.1. The van der Waals surface area contributed by atoms with Crippen molar-refractivity contribution in [2.75, 3.05) is 11.9 Å². The highest BCUT2D eigenvalue weighted by Crippen LogP contribution is 2.33. The number of anilines is 1. The number of amides is 1. The van der Waals surface area contributed by atoms with Crippen LogP contribution in [0.25, 0.3) is 11.3 Å². The van der Waals surface area contributed by atoms with Crippen LogP contribution in [-0.2, 0) is 4.79 Å². The maximum Gasteiger partial charge on any atom is 0.262 e. The number of fused-ring (bicyclic) bond motifs is 1. The number of nitrogens with one attached hydrogen (secondary N) is 1. The van der Waals surface area contributed by atoms with E-state index < -0.39 is 0 Å². The number of hydrogen-bond acceptors (Lipinski definition) is 5. The molecule has 0 atom stereocenters. The number of carbonyl (C=O) groups excluding carboxylic acids is 1. The van der Waals surface area contributed by atoms with Crippen molar-refractivity contribution in [3.8, 4) is 17.0 Å². The van der Waals surface area contributed by atoms with Gasteiger partial charge in [-0.2, -0.15) is 5.10 Å². The highest BCUT2D eigenvalue weighted by molar-refractivity contribution is 7.07. The van der Waals surface area contributed by atoms with Crippen molar-refractivity contribution in [2.45, 2.75) is 38.5 Å². The number of nitrogens with zero attached hydrogens (tertiary/aromatic N) is 3. The largest absolute Gasteiger partial charge is 0.482 e. The van der Waals surface area contributed by atoms with E-state index in [-0.39, 0.29) is 12.5 Å². The summed E-state index contributed by atoms with van der Waals surface area (Å²) in [5.74, 6) is 0.529. The molecule has 1 aliphatic carbocycles. The lowest BCUT2D eigenvalue weighted by Crippen LogP contribution is -2.25. The molecule has 3 aromatic rings. The second-order valence-electron chi connectivity index (χ2n) is 7.93. The summed E-state index contributed by atoms with van der Waals surface area (Å²) in [6.07, 6.45) is 6.88. The first-order valence-corrected chi connectivity index (χ1v) is 12.1. The number of thiazole rings is 1. The Balaban J connectivity index is 1.62. The van der Waals surface area contributed by atoms with Crippen LogP contribution in [0.4, 0.5) is 11.4 Å². The molecule has 1 saturated carbocycles. The van der Waals surface area contributed by atoms with Gasteiger partial charge >= 0.3 is 0 Å². The fraction of sp³-hybridized carbons (Fsp3) is 0.292. The van der Waals surface area contributed by atoms with Crippen LogP contribution in [0.3, 0.4) is 0 Å². The number of halogens is 1. The minimum Gasteiger partial charge on any atom is -0.482 e. The summed E-state index contributed by atoms with van der Waals surface area (Å²) in [7, 11) is 0. The van der Waals surface area contributed by atoms with Gasteiger partial charge < -0.3 is 10.1 Å². The first-order valence-electron chi connectivity index (χ1n) is 10.8. The molecule has 1 aromatic heterocycles. The van der Waals surface area contributed by atoms with Crippen molar-refractivity contribution in [3.05, 3.63) is 57.7 Å². The molecule has 0 spiro atoms. The molecular weight excluding hydrogens is 444 g/mol. The maximum absolute atomic E-state index is 11.8. The fourth-order valence-electron chi connectivity index (χ4n) is 3.92. The third-order valence-electron chi connectivity index (χ3n) is 5.57. The predicted molar refractivity (Wildman–Crippen MR) is 129 cm³/mol. The highest BCUT2D eigenvalue weighted by atomic mass is 35.5.